The molecular weight excluding hydrogens is 78.5 g/mol. The quantitative estimate of drug-likeness (QED) is 0.380. The topological polar surface area (TPSA) is 0 Å². The molecule has 0 fully saturated rings. The average Bonchev–Trinajstić information content (AvgIpc) is 0.918. The van der Waals surface area contributed by atoms with Gasteiger partial charge in [0.15, 0.2) is 0 Å². The molecule has 0 radical (unpaired) electrons. The van der Waals surface area contributed by atoms with Crippen LogP contribution in [-0.2, 0) is 0 Å². The van der Waals surface area contributed by atoms with Crippen LogP contribution in [0.15, 0.2) is 0 Å². The number of halogens is 2. The van der Waals surface area contributed by atoms with Crippen molar-refractivity contribution in [1.29, 1.82) is 0 Å². The van der Waals surface area contributed by atoms with Crippen LogP contribution >= 0.6 is 12.4 Å². The SMILES string of the molecule is C#CF.Cl. The first kappa shape index (κ1) is 9.22. The minimum Gasteiger partial charge on any atom is -0.147 e. The molecule has 0 unspecified atom stereocenters. The fourth-order valence-corrected chi connectivity index (χ4v) is 0. The van der Waals surface area contributed by atoms with Crippen LogP contribution in [0.3, 0.4) is 0 Å². The molecule has 24 valence electrons. The van der Waals surface area contributed by atoms with Gasteiger partial charge in [-0.25, -0.2) is 0 Å². The molecule has 0 spiro atoms. The molecule has 0 aromatic rings. The van der Waals surface area contributed by atoms with Gasteiger partial charge in [-0.3, -0.25) is 0 Å². The Balaban J connectivity index is 0. The number of rotatable bonds is 0. The Morgan fingerprint density at radius 1 is 1.75 bits per heavy atom. The summed E-state index contributed by atoms with van der Waals surface area (Å²) in [5.74, 6) is 0. The lowest BCUT2D eigenvalue weighted by atomic mass is 11.4. The molecule has 0 saturated carbocycles. The highest BCUT2D eigenvalue weighted by Crippen LogP contribution is 1.34. The molecule has 0 saturated heterocycles. The van der Waals surface area contributed by atoms with Gasteiger partial charge in [0.2, 0.25) is 0 Å². The van der Waals surface area contributed by atoms with Gasteiger partial charge in [-0.1, -0.05) is 6.42 Å². The maximum Gasteiger partial charge on any atom is 0.102 e. The smallest absolute Gasteiger partial charge is 0.102 e. The monoisotopic (exact) mass is 80.0 g/mol. The molecule has 0 nitrogen and oxygen atoms in total. The third kappa shape index (κ3) is 22.4. The largest absolute Gasteiger partial charge is 0.147 e. The number of hydrogen-bond donors (Lipinski definition) is 0. The second-order valence-corrected chi connectivity index (χ2v) is 0.109. The summed E-state index contributed by atoms with van der Waals surface area (Å²) in [5, 5.41) is 0. The van der Waals surface area contributed by atoms with Gasteiger partial charge in [-0.2, -0.15) is 0 Å². The highest BCUT2D eigenvalue weighted by atomic mass is 35.5. The molecular formula is C2H2ClF. The van der Waals surface area contributed by atoms with Crippen LogP contribution in [0.2, 0.25) is 0 Å². The Hall–Kier alpha value is -0.220. The number of terminal acetylenes is 1. The van der Waals surface area contributed by atoms with Crippen LogP contribution in [0.5, 0.6) is 0 Å². The van der Waals surface area contributed by atoms with E-state index in [4.69, 9.17) is 0 Å². The van der Waals surface area contributed by atoms with Crippen molar-refractivity contribution in [3.8, 4) is 12.6 Å². The van der Waals surface area contributed by atoms with Crippen molar-refractivity contribution in [1.82, 2.24) is 0 Å². The summed E-state index contributed by atoms with van der Waals surface area (Å²) in [6, 6.07) is 0. The van der Waals surface area contributed by atoms with E-state index in [2.05, 4.69) is 6.42 Å². The second kappa shape index (κ2) is 14.5. The average molecular weight is 80.5 g/mol. The van der Waals surface area contributed by atoms with Crippen LogP contribution in [0.25, 0.3) is 0 Å². The fourth-order valence-electron chi connectivity index (χ4n) is 0. The maximum absolute atomic E-state index is 9.82. The van der Waals surface area contributed by atoms with Crippen molar-refractivity contribution in [2.75, 3.05) is 0 Å². The van der Waals surface area contributed by atoms with Gasteiger partial charge < -0.3 is 0 Å². The van der Waals surface area contributed by atoms with Crippen molar-refractivity contribution < 1.29 is 4.39 Å². The summed E-state index contributed by atoms with van der Waals surface area (Å²) >= 11 is 0. The molecule has 0 bridgehead atoms. The Labute approximate surface area is 30.4 Å². The van der Waals surface area contributed by atoms with E-state index in [9.17, 15) is 4.39 Å². The first-order valence-corrected chi connectivity index (χ1v) is 0.478. The van der Waals surface area contributed by atoms with E-state index >= 15 is 0 Å². The van der Waals surface area contributed by atoms with Gasteiger partial charge in [-0.15, -0.1) is 16.8 Å². The van der Waals surface area contributed by atoms with E-state index < -0.39 is 0 Å². The fraction of sp³-hybridized carbons (Fsp3) is 0. The molecule has 0 aliphatic rings. The lowest BCUT2D eigenvalue weighted by Crippen LogP contribution is -1.02. The zero-order valence-corrected chi connectivity index (χ0v) is 2.68. The van der Waals surface area contributed by atoms with Crippen molar-refractivity contribution >= 4 is 12.4 Å². The van der Waals surface area contributed by atoms with Crippen LogP contribution in [0, 0.1) is 12.6 Å². The summed E-state index contributed by atoms with van der Waals surface area (Å²) in [5.41, 5.74) is 0. The lowest BCUT2D eigenvalue weighted by molar-refractivity contribution is 0.775. The predicted octanol–water partition coefficient (Wildman–Crippen LogP) is 0.968. The summed E-state index contributed by atoms with van der Waals surface area (Å²) in [4.78, 5) is 0. The molecule has 2 heteroatoms. The highest BCUT2D eigenvalue weighted by molar-refractivity contribution is 5.85. The molecule has 0 heterocycles. The molecule has 0 aromatic carbocycles. The molecule has 0 rings (SSSR count). The van der Waals surface area contributed by atoms with Crippen molar-refractivity contribution in [3.63, 3.8) is 0 Å². The van der Waals surface area contributed by atoms with Crippen molar-refractivity contribution in [2.45, 2.75) is 0 Å². The Morgan fingerprint density at radius 2 is 1.75 bits per heavy atom. The van der Waals surface area contributed by atoms with Gasteiger partial charge in [0.25, 0.3) is 0 Å². The first-order chi connectivity index (χ1) is 1.41. The summed E-state index contributed by atoms with van der Waals surface area (Å²) in [7, 11) is 0. The van der Waals surface area contributed by atoms with Crippen molar-refractivity contribution in [2.24, 2.45) is 0 Å². The molecule has 0 N–H and O–H groups in total. The standard InChI is InChI=1S/C2HF.ClH/c1-2-3;/h1H;1H. The molecule has 0 atom stereocenters. The van der Waals surface area contributed by atoms with E-state index in [0.717, 1.165) is 6.17 Å². The molecule has 0 amide bonds. The second-order valence-electron chi connectivity index (χ2n) is 0.109. The van der Waals surface area contributed by atoms with Crippen molar-refractivity contribution in [3.05, 3.63) is 0 Å². The number of hydrogen-bond acceptors (Lipinski definition) is 0. The van der Waals surface area contributed by atoms with Gasteiger partial charge >= 0.3 is 0 Å². The van der Waals surface area contributed by atoms with E-state index in [0.29, 0.717) is 0 Å². The predicted molar refractivity (Wildman–Crippen MR) is 17.2 cm³/mol. The van der Waals surface area contributed by atoms with Gasteiger partial charge in [0.1, 0.15) is 6.17 Å². The van der Waals surface area contributed by atoms with Gasteiger partial charge in [-0.05, 0) is 0 Å². The molecule has 0 aliphatic heterocycles. The van der Waals surface area contributed by atoms with Crippen LogP contribution < -0.4 is 0 Å². The Kier molecular flexibility index (Phi) is 33.4. The molecule has 0 aromatic heterocycles. The maximum atomic E-state index is 9.82. The van der Waals surface area contributed by atoms with Crippen LogP contribution in [0.4, 0.5) is 4.39 Å². The highest BCUT2D eigenvalue weighted by Gasteiger charge is 1.15. The first-order valence-electron chi connectivity index (χ1n) is 0.478. The molecule has 0 aliphatic carbocycles. The summed E-state index contributed by atoms with van der Waals surface area (Å²) in [6.45, 7) is 0. The van der Waals surface area contributed by atoms with E-state index in [1.165, 1.54) is 0 Å². The Bertz CT molecular complexity index is 27.5. The summed E-state index contributed by atoms with van der Waals surface area (Å²) < 4.78 is 9.82. The van der Waals surface area contributed by atoms with Gasteiger partial charge in [0, 0.05) is 0 Å². The third-order valence-electron chi connectivity index (χ3n) is 0. The van der Waals surface area contributed by atoms with Gasteiger partial charge in [0.05, 0.1) is 0 Å². The van der Waals surface area contributed by atoms with Crippen LogP contribution in [-0.4, -0.2) is 0 Å². The zero-order chi connectivity index (χ0) is 2.71. The lowest BCUT2D eigenvalue weighted by Gasteiger charge is -1.17. The zero-order valence-electron chi connectivity index (χ0n) is 1.86. The molecule has 4 heavy (non-hydrogen) atoms. The van der Waals surface area contributed by atoms with E-state index in [1.54, 1.807) is 0 Å². The normalized spacial score (nSPS) is 2.00. The third-order valence-corrected chi connectivity index (χ3v) is 0. The van der Waals surface area contributed by atoms with E-state index in [-0.39, 0.29) is 12.4 Å². The summed E-state index contributed by atoms with van der Waals surface area (Å²) in [6.07, 6.45) is 4.68. The Morgan fingerprint density at radius 3 is 1.75 bits per heavy atom. The minimum atomic E-state index is 0. The minimum absolute atomic E-state index is 0. The van der Waals surface area contributed by atoms with E-state index in [1.807, 2.05) is 0 Å². The van der Waals surface area contributed by atoms with Crippen LogP contribution in [0.1, 0.15) is 0 Å².